The number of hydrogen-bond acceptors (Lipinski definition) is 5. The van der Waals surface area contributed by atoms with E-state index in [1.165, 1.54) is 5.56 Å². The van der Waals surface area contributed by atoms with Crippen molar-refractivity contribution >= 4 is 11.3 Å². The summed E-state index contributed by atoms with van der Waals surface area (Å²) in [4.78, 5) is 0. The fourth-order valence-electron chi connectivity index (χ4n) is 1.58. The molecule has 0 saturated heterocycles. The fraction of sp³-hybridized carbons (Fsp3) is 0.333. The molecule has 0 fully saturated rings. The zero-order chi connectivity index (χ0) is 12.3. The maximum atomic E-state index is 5.50. The van der Waals surface area contributed by atoms with E-state index >= 15 is 0 Å². The third kappa shape index (κ3) is 2.62. The lowest BCUT2D eigenvalue weighted by Gasteiger charge is -2.05. The van der Waals surface area contributed by atoms with Gasteiger partial charge in [0, 0.05) is 6.42 Å². The molecule has 0 amide bonds. The zero-order valence-electron chi connectivity index (χ0n) is 9.93. The standard InChI is InChI=1S/C12H15N3OS/c1-8-3-4-10(16-2)9(7-8)12-15-14-11(17-12)5-6-13/h3-4,7H,5-6,13H2,1-2H3. The molecule has 4 nitrogen and oxygen atoms in total. The summed E-state index contributed by atoms with van der Waals surface area (Å²) in [6, 6.07) is 6.03. The number of aromatic nitrogens is 2. The van der Waals surface area contributed by atoms with Crippen LogP contribution in [0, 0.1) is 6.92 Å². The molecule has 0 atom stereocenters. The monoisotopic (exact) mass is 249 g/mol. The smallest absolute Gasteiger partial charge is 0.151 e. The van der Waals surface area contributed by atoms with Crippen LogP contribution in [-0.2, 0) is 6.42 Å². The van der Waals surface area contributed by atoms with Crippen LogP contribution in [0.1, 0.15) is 10.6 Å². The van der Waals surface area contributed by atoms with Gasteiger partial charge in [-0.2, -0.15) is 0 Å². The van der Waals surface area contributed by atoms with Crippen LogP contribution in [0.5, 0.6) is 5.75 Å². The summed E-state index contributed by atoms with van der Waals surface area (Å²) in [7, 11) is 1.66. The predicted molar refractivity (Wildman–Crippen MR) is 69.4 cm³/mol. The third-order valence-corrected chi connectivity index (χ3v) is 3.43. The van der Waals surface area contributed by atoms with Gasteiger partial charge in [0.25, 0.3) is 0 Å². The highest BCUT2D eigenvalue weighted by molar-refractivity contribution is 7.14. The van der Waals surface area contributed by atoms with E-state index < -0.39 is 0 Å². The molecule has 2 N–H and O–H groups in total. The summed E-state index contributed by atoms with van der Waals surface area (Å²) in [5.41, 5.74) is 7.67. The van der Waals surface area contributed by atoms with E-state index in [1.807, 2.05) is 19.1 Å². The SMILES string of the molecule is COc1ccc(C)cc1-c1nnc(CCN)s1. The summed E-state index contributed by atoms with van der Waals surface area (Å²) < 4.78 is 5.34. The largest absolute Gasteiger partial charge is 0.496 e. The van der Waals surface area contributed by atoms with E-state index in [9.17, 15) is 0 Å². The van der Waals surface area contributed by atoms with Crippen molar-refractivity contribution in [3.8, 4) is 16.3 Å². The molecule has 0 aliphatic carbocycles. The molecule has 2 rings (SSSR count). The minimum Gasteiger partial charge on any atom is -0.496 e. The van der Waals surface area contributed by atoms with Crippen LogP contribution < -0.4 is 10.5 Å². The molecule has 90 valence electrons. The number of nitrogens with two attached hydrogens (primary N) is 1. The Balaban J connectivity index is 2.40. The van der Waals surface area contributed by atoms with E-state index in [0.717, 1.165) is 27.7 Å². The van der Waals surface area contributed by atoms with Gasteiger partial charge in [0.15, 0.2) is 5.01 Å². The zero-order valence-corrected chi connectivity index (χ0v) is 10.8. The fourth-order valence-corrected chi connectivity index (χ4v) is 2.45. The topological polar surface area (TPSA) is 61.0 Å². The highest BCUT2D eigenvalue weighted by Gasteiger charge is 2.11. The third-order valence-electron chi connectivity index (χ3n) is 2.41. The Hall–Kier alpha value is -1.46. The first-order valence-electron chi connectivity index (χ1n) is 5.42. The second-order valence-corrected chi connectivity index (χ2v) is 4.81. The summed E-state index contributed by atoms with van der Waals surface area (Å²) in [5, 5.41) is 10.2. The van der Waals surface area contributed by atoms with Gasteiger partial charge in [0.05, 0.1) is 12.7 Å². The molecule has 0 spiro atoms. The van der Waals surface area contributed by atoms with Crippen LogP contribution in [0.15, 0.2) is 18.2 Å². The van der Waals surface area contributed by atoms with E-state index in [0.29, 0.717) is 6.54 Å². The number of ether oxygens (including phenoxy) is 1. The minimum atomic E-state index is 0.597. The van der Waals surface area contributed by atoms with Crippen molar-refractivity contribution in [1.82, 2.24) is 10.2 Å². The van der Waals surface area contributed by atoms with E-state index in [1.54, 1.807) is 18.4 Å². The highest BCUT2D eigenvalue weighted by atomic mass is 32.1. The van der Waals surface area contributed by atoms with Crippen LogP contribution in [0.3, 0.4) is 0 Å². The molecule has 0 saturated carbocycles. The van der Waals surface area contributed by atoms with Crippen molar-refractivity contribution in [2.75, 3.05) is 13.7 Å². The Morgan fingerprint density at radius 1 is 1.35 bits per heavy atom. The minimum absolute atomic E-state index is 0.597. The van der Waals surface area contributed by atoms with Gasteiger partial charge in [-0.05, 0) is 25.6 Å². The van der Waals surface area contributed by atoms with Crippen molar-refractivity contribution in [1.29, 1.82) is 0 Å². The summed E-state index contributed by atoms with van der Waals surface area (Å²) >= 11 is 1.57. The second kappa shape index (κ2) is 5.25. The van der Waals surface area contributed by atoms with Crippen molar-refractivity contribution in [2.24, 2.45) is 5.73 Å². The molecule has 1 heterocycles. The number of rotatable bonds is 4. The van der Waals surface area contributed by atoms with Crippen molar-refractivity contribution in [3.05, 3.63) is 28.8 Å². The maximum absolute atomic E-state index is 5.50. The number of nitrogens with zero attached hydrogens (tertiary/aromatic N) is 2. The Morgan fingerprint density at radius 3 is 2.88 bits per heavy atom. The quantitative estimate of drug-likeness (QED) is 0.900. The van der Waals surface area contributed by atoms with Gasteiger partial charge in [-0.3, -0.25) is 0 Å². The molecular formula is C12H15N3OS. The average Bonchev–Trinajstić information content (AvgIpc) is 2.78. The first kappa shape index (κ1) is 12.0. The summed E-state index contributed by atoms with van der Waals surface area (Å²) in [5.74, 6) is 0.825. The lowest BCUT2D eigenvalue weighted by Crippen LogP contribution is -2.01. The highest BCUT2D eigenvalue weighted by Crippen LogP contribution is 2.32. The molecule has 0 radical (unpaired) electrons. The van der Waals surface area contributed by atoms with Gasteiger partial charge in [-0.1, -0.05) is 23.0 Å². The maximum Gasteiger partial charge on any atom is 0.151 e. The van der Waals surface area contributed by atoms with Crippen molar-refractivity contribution < 1.29 is 4.74 Å². The second-order valence-electron chi connectivity index (χ2n) is 3.74. The number of hydrogen-bond donors (Lipinski definition) is 1. The molecule has 1 aromatic carbocycles. The Bertz CT molecular complexity index is 510. The predicted octanol–water partition coefficient (Wildman–Crippen LogP) is 2.02. The number of methoxy groups -OCH3 is 1. The molecule has 5 heteroatoms. The Kier molecular flexibility index (Phi) is 3.71. The van der Waals surface area contributed by atoms with Gasteiger partial charge in [-0.25, -0.2) is 0 Å². The van der Waals surface area contributed by atoms with Gasteiger partial charge < -0.3 is 10.5 Å². The van der Waals surface area contributed by atoms with Crippen LogP contribution in [0.25, 0.3) is 10.6 Å². The number of benzene rings is 1. The summed E-state index contributed by atoms with van der Waals surface area (Å²) in [6.45, 7) is 2.64. The Morgan fingerprint density at radius 2 is 2.18 bits per heavy atom. The van der Waals surface area contributed by atoms with Crippen molar-refractivity contribution in [2.45, 2.75) is 13.3 Å². The van der Waals surface area contributed by atoms with Crippen LogP contribution >= 0.6 is 11.3 Å². The van der Waals surface area contributed by atoms with E-state index in [2.05, 4.69) is 16.3 Å². The molecule has 2 aromatic rings. The molecular weight excluding hydrogens is 234 g/mol. The molecule has 0 unspecified atom stereocenters. The first-order chi connectivity index (χ1) is 8.24. The molecule has 0 bridgehead atoms. The van der Waals surface area contributed by atoms with E-state index in [-0.39, 0.29) is 0 Å². The van der Waals surface area contributed by atoms with E-state index in [4.69, 9.17) is 10.5 Å². The van der Waals surface area contributed by atoms with Crippen LogP contribution in [-0.4, -0.2) is 23.9 Å². The van der Waals surface area contributed by atoms with Gasteiger partial charge in [-0.15, -0.1) is 10.2 Å². The van der Waals surface area contributed by atoms with Crippen molar-refractivity contribution in [3.63, 3.8) is 0 Å². The lowest BCUT2D eigenvalue weighted by atomic mass is 10.1. The molecule has 17 heavy (non-hydrogen) atoms. The van der Waals surface area contributed by atoms with Crippen LogP contribution in [0.4, 0.5) is 0 Å². The van der Waals surface area contributed by atoms with Gasteiger partial charge in [0.1, 0.15) is 10.8 Å². The number of aryl methyl sites for hydroxylation is 1. The summed E-state index contributed by atoms with van der Waals surface area (Å²) in [6.07, 6.45) is 0.770. The van der Waals surface area contributed by atoms with Gasteiger partial charge in [0.2, 0.25) is 0 Å². The molecule has 0 aliphatic rings. The average molecular weight is 249 g/mol. The van der Waals surface area contributed by atoms with Gasteiger partial charge >= 0.3 is 0 Å². The molecule has 0 aliphatic heterocycles. The van der Waals surface area contributed by atoms with Crippen LogP contribution in [0.2, 0.25) is 0 Å². The Labute approximate surface area is 104 Å². The first-order valence-corrected chi connectivity index (χ1v) is 6.23. The lowest BCUT2D eigenvalue weighted by molar-refractivity contribution is 0.416. The normalized spacial score (nSPS) is 10.5. The molecule has 1 aromatic heterocycles.